The van der Waals surface area contributed by atoms with Gasteiger partial charge in [0.2, 0.25) is 0 Å². The van der Waals surface area contributed by atoms with Gasteiger partial charge in [0.25, 0.3) is 0 Å². The van der Waals surface area contributed by atoms with E-state index in [1.165, 1.54) is 6.08 Å². The van der Waals surface area contributed by atoms with Gasteiger partial charge in [0.15, 0.2) is 0 Å². The van der Waals surface area contributed by atoms with E-state index in [1.54, 1.807) is 6.92 Å². The van der Waals surface area contributed by atoms with Crippen LogP contribution in [-0.4, -0.2) is 24.0 Å². The third kappa shape index (κ3) is 3.02. The summed E-state index contributed by atoms with van der Waals surface area (Å²) in [6.07, 6.45) is 1.53. The molecule has 0 bridgehead atoms. The summed E-state index contributed by atoms with van der Waals surface area (Å²) < 4.78 is 13.0. The van der Waals surface area contributed by atoms with E-state index in [4.69, 9.17) is 0 Å². The van der Waals surface area contributed by atoms with Gasteiger partial charge in [0, 0.05) is 0 Å². The minimum Gasteiger partial charge on any atom is -0.295 e. The molecule has 2 heteroatoms. The molecule has 0 N–H and O–H groups in total. The lowest BCUT2D eigenvalue weighted by Gasteiger charge is -2.24. The van der Waals surface area contributed by atoms with Crippen LogP contribution in [0.4, 0.5) is 4.39 Å². The van der Waals surface area contributed by atoms with Crippen molar-refractivity contribution in [3.63, 3.8) is 0 Å². The Morgan fingerprint density at radius 1 is 1.45 bits per heavy atom. The van der Waals surface area contributed by atoms with Crippen LogP contribution >= 0.6 is 0 Å². The molecular weight excluding hydrogens is 141 g/mol. The summed E-state index contributed by atoms with van der Waals surface area (Å²) in [7, 11) is 0. The molecule has 0 aliphatic rings. The molecule has 0 radical (unpaired) electrons. The van der Waals surface area contributed by atoms with Crippen LogP contribution < -0.4 is 0 Å². The quantitative estimate of drug-likeness (QED) is 0.609. The Kier molecular flexibility index (Phi) is 5.12. The molecule has 11 heavy (non-hydrogen) atoms. The van der Waals surface area contributed by atoms with Crippen LogP contribution in [0.25, 0.3) is 0 Å². The number of hydrogen-bond donors (Lipinski definition) is 0. The first-order valence-corrected chi connectivity index (χ1v) is 4.23. The van der Waals surface area contributed by atoms with Gasteiger partial charge in [-0.2, -0.15) is 0 Å². The number of nitrogens with zero attached hydrogens (tertiary/aromatic N) is 1. The lowest BCUT2D eigenvalue weighted by Crippen LogP contribution is -2.33. The molecule has 0 aliphatic carbocycles. The van der Waals surface area contributed by atoms with Gasteiger partial charge in [-0.25, -0.2) is 4.39 Å². The maximum Gasteiger partial charge on any atom is 0.113 e. The number of rotatable bonds is 4. The van der Waals surface area contributed by atoms with Crippen molar-refractivity contribution in [3.05, 3.63) is 11.9 Å². The van der Waals surface area contributed by atoms with E-state index in [0.29, 0.717) is 0 Å². The van der Waals surface area contributed by atoms with E-state index in [1.807, 2.05) is 20.8 Å². The van der Waals surface area contributed by atoms with Crippen molar-refractivity contribution in [3.8, 4) is 0 Å². The first-order chi connectivity index (χ1) is 5.17. The molecule has 0 rings (SSSR count). The van der Waals surface area contributed by atoms with Crippen LogP contribution in [0.15, 0.2) is 11.9 Å². The molecule has 1 unspecified atom stereocenters. The monoisotopic (exact) mass is 159 g/mol. The van der Waals surface area contributed by atoms with Crippen molar-refractivity contribution in [2.45, 2.75) is 33.7 Å². The summed E-state index contributed by atoms with van der Waals surface area (Å²) in [5.74, 6) is -0.0336. The van der Waals surface area contributed by atoms with Gasteiger partial charge in [-0.3, -0.25) is 4.90 Å². The Hall–Kier alpha value is -0.370. The van der Waals surface area contributed by atoms with E-state index in [0.717, 1.165) is 13.1 Å². The topological polar surface area (TPSA) is 3.24 Å². The molecule has 0 spiro atoms. The second kappa shape index (κ2) is 5.30. The highest BCUT2D eigenvalue weighted by molar-refractivity contribution is 4.98. The fraction of sp³-hybridized carbons (Fsp3) is 0.778. The van der Waals surface area contributed by atoms with Crippen molar-refractivity contribution in [2.75, 3.05) is 13.1 Å². The zero-order valence-electron chi connectivity index (χ0n) is 7.89. The van der Waals surface area contributed by atoms with Gasteiger partial charge in [0.1, 0.15) is 5.83 Å². The van der Waals surface area contributed by atoms with Gasteiger partial charge in [-0.05, 0) is 26.9 Å². The third-order valence-corrected chi connectivity index (χ3v) is 2.03. The van der Waals surface area contributed by atoms with E-state index in [9.17, 15) is 4.39 Å². The van der Waals surface area contributed by atoms with Crippen molar-refractivity contribution >= 4 is 0 Å². The summed E-state index contributed by atoms with van der Waals surface area (Å²) in [5, 5.41) is 0. The van der Waals surface area contributed by atoms with Gasteiger partial charge in [-0.1, -0.05) is 19.9 Å². The molecule has 0 saturated heterocycles. The molecule has 0 aromatic carbocycles. The first kappa shape index (κ1) is 10.6. The predicted octanol–water partition coefficient (Wildman–Crippen LogP) is 2.59. The maximum absolute atomic E-state index is 13.0. The second-order valence-corrected chi connectivity index (χ2v) is 2.57. The maximum atomic E-state index is 13.0. The summed E-state index contributed by atoms with van der Waals surface area (Å²) in [6.45, 7) is 9.52. The highest BCUT2D eigenvalue weighted by Gasteiger charge is 2.13. The number of hydrogen-bond acceptors (Lipinski definition) is 1. The van der Waals surface area contributed by atoms with Crippen molar-refractivity contribution < 1.29 is 4.39 Å². The van der Waals surface area contributed by atoms with Gasteiger partial charge in [0.05, 0.1) is 6.04 Å². The Morgan fingerprint density at radius 2 is 1.91 bits per heavy atom. The summed E-state index contributed by atoms with van der Waals surface area (Å²) in [6, 6.07) is -0.0602. The summed E-state index contributed by atoms with van der Waals surface area (Å²) in [5.41, 5.74) is 0. The van der Waals surface area contributed by atoms with Crippen LogP contribution in [0.5, 0.6) is 0 Å². The van der Waals surface area contributed by atoms with Crippen LogP contribution in [0.2, 0.25) is 0 Å². The molecule has 0 heterocycles. The number of allylic oxidation sites excluding steroid dienone is 1. The molecule has 0 amide bonds. The zero-order valence-corrected chi connectivity index (χ0v) is 7.89. The highest BCUT2D eigenvalue weighted by atomic mass is 19.1. The SMILES string of the molecule is C/C=C(/F)C(C)N(CC)CC. The van der Waals surface area contributed by atoms with Gasteiger partial charge in [-0.15, -0.1) is 0 Å². The molecular formula is C9H18FN. The zero-order chi connectivity index (χ0) is 8.85. The van der Waals surface area contributed by atoms with E-state index in [-0.39, 0.29) is 11.9 Å². The Labute approximate surface area is 68.9 Å². The second-order valence-electron chi connectivity index (χ2n) is 2.57. The number of halogens is 1. The van der Waals surface area contributed by atoms with E-state index >= 15 is 0 Å². The van der Waals surface area contributed by atoms with Crippen LogP contribution in [0.3, 0.4) is 0 Å². The predicted molar refractivity (Wildman–Crippen MR) is 47.2 cm³/mol. The fourth-order valence-electron chi connectivity index (χ4n) is 1.19. The van der Waals surface area contributed by atoms with Crippen molar-refractivity contribution in [1.82, 2.24) is 4.90 Å². The van der Waals surface area contributed by atoms with Crippen molar-refractivity contribution in [1.29, 1.82) is 0 Å². The average molecular weight is 159 g/mol. The Morgan fingerprint density at radius 3 is 2.18 bits per heavy atom. The van der Waals surface area contributed by atoms with E-state index < -0.39 is 0 Å². The molecule has 1 atom stereocenters. The molecule has 1 nitrogen and oxygen atoms in total. The highest BCUT2D eigenvalue weighted by Crippen LogP contribution is 2.10. The van der Waals surface area contributed by atoms with Gasteiger partial charge >= 0.3 is 0 Å². The standard InChI is InChI=1S/C9H18FN/c1-5-9(10)8(4)11(6-2)7-3/h5,8H,6-7H2,1-4H3/b9-5+. The largest absolute Gasteiger partial charge is 0.295 e. The Balaban J connectivity index is 4.08. The molecule has 0 aromatic heterocycles. The average Bonchev–Trinajstić information content (AvgIpc) is 2.05. The van der Waals surface area contributed by atoms with E-state index in [2.05, 4.69) is 4.90 Å². The minimum absolute atomic E-state index is 0.0336. The smallest absolute Gasteiger partial charge is 0.113 e. The first-order valence-electron chi connectivity index (χ1n) is 4.23. The van der Waals surface area contributed by atoms with Crippen LogP contribution in [-0.2, 0) is 0 Å². The minimum atomic E-state index is -0.0602. The van der Waals surface area contributed by atoms with Gasteiger partial charge < -0.3 is 0 Å². The lowest BCUT2D eigenvalue weighted by molar-refractivity contribution is 0.233. The molecule has 0 aliphatic heterocycles. The fourth-order valence-corrected chi connectivity index (χ4v) is 1.19. The molecule has 66 valence electrons. The molecule has 0 aromatic rings. The normalized spacial score (nSPS) is 15.6. The van der Waals surface area contributed by atoms with Crippen LogP contribution in [0, 0.1) is 0 Å². The third-order valence-electron chi connectivity index (χ3n) is 2.03. The lowest BCUT2D eigenvalue weighted by atomic mass is 10.2. The molecule has 0 saturated carbocycles. The number of likely N-dealkylation sites (N-methyl/N-ethyl adjacent to an activating group) is 1. The Bertz CT molecular complexity index is 128. The molecule has 0 fully saturated rings. The summed E-state index contributed by atoms with van der Waals surface area (Å²) >= 11 is 0. The summed E-state index contributed by atoms with van der Waals surface area (Å²) in [4.78, 5) is 2.08. The van der Waals surface area contributed by atoms with Crippen molar-refractivity contribution in [2.24, 2.45) is 0 Å². The van der Waals surface area contributed by atoms with Crippen LogP contribution in [0.1, 0.15) is 27.7 Å².